The second-order valence-electron chi connectivity index (χ2n) is 4.63. The molecule has 0 spiro atoms. The number of hydrogen-bond donors (Lipinski definition) is 2. The molecule has 0 saturated carbocycles. The molecular formula is C16H16ClFN2O2. The van der Waals surface area contributed by atoms with E-state index in [1.54, 1.807) is 49.4 Å². The minimum Gasteiger partial charge on any atom is -0.471 e. The Morgan fingerprint density at radius 3 is 2.59 bits per heavy atom. The van der Waals surface area contributed by atoms with Crippen molar-refractivity contribution >= 4 is 17.6 Å². The smallest absolute Gasteiger partial charge is 0.317 e. The lowest BCUT2D eigenvalue weighted by atomic mass is 10.2. The number of carbonyl (C=O) groups excluding carboxylic acids is 1. The minimum absolute atomic E-state index is 0.103. The van der Waals surface area contributed by atoms with Gasteiger partial charge in [0.25, 0.3) is 0 Å². The van der Waals surface area contributed by atoms with Gasteiger partial charge in [0.05, 0.1) is 0 Å². The Morgan fingerprint density at radius 2 is 1.91 bits per heavy atom. The number of amides is 2. The molecule has 0 aliphatic carbocycles. The quantitative estimate of drug-likeness (QED) is 0.825. The van der Waals surface area contributed by atoms with Crippen molar-refractivity contribution in [3.05, 3.63) is 64.9 Å². The van der Waals surface area contributed by atoms with Gasteiger partial charge >= 0.3 is 6.03 Å². The van der Waals surface area contributed by atoms with Crippen molar-refractivity contribution in [2.75, 3.05) is 0 Å². The van der Waals surface area contributed by atoms with Gasteiger partial charge in [-0.1, -0.05) is 29.8 Å². The number of hydrogen-bond acceptors (Lipinski definition) is 2. The monoisotopic (exact) mass is 322 g/mol. The van der Waals surface area contributed by atoms with Crippen LogP contribution in [0.5, 0.6) is 5.75 Å². The van der Waals surface area contributed by atoms with Crippen LogP contribution >= 0.6 is 11.6 Å². The molecule has 116 valence electrons. The van der Waals surface area contributed by atoms with E-state index in [0.717, 1.165) is 0 Å². The van der Waals surface area contributed by atoms with E-state index in [1.165, 1.54) is 6.07 Å². The summed E-state index contributed by atoms with van der Waals surface area (Å²) in [6.45, 7) is 1.80. The summed E-state index contributed by atoms with van der Waals surface area (Å²) in [5.41, 5.74) is 0.420. The number of halogens is 2. The van der Waals surface area contributed by atoms with E-state index in [9.17, 15) is 9.18 Å². The molecule has 0 heterocycles. The standard InChI is InChI=1S/C16H16ClFN2O2/c1-11(22-14-8-6-13(17)7-9-14)20-16(21)19-10-12-4-2-3-5-15(12)18/h2-9,11H,10H2,1H3,(H2,19,20,21). The van der Waals surface area contributed by atoms with Crippen LogP contribution in [0.1, 0.15) is 12.5 Å². The first-order chi connectivity index (χ1) is 10.5. The summed E-state index contributed by atoms with van der Waals surface area (Å²) in [7, 11) is 0. The Labute approximate surface area is 133 Å². The summed E-state index contributed by atoms with van der Waals surface area (Å²) in [6, 6.07) is 12.6. The highest BCUT2D eigenvalue weighted by Gasteiger charge is 2.09. The Balaban J connectivity index is 1.79. The highest BCUT2D eigenvalue weighted by Crippen LogP contribution is 2.16. The van der Waals surface area contributed by atoms with E-state index >= 15 is 0 Å². The highest BCUT2D eigenvalue weighted by molar-refractivity contribution is 6.30. The van der Waals surface area contributed by atoms with Gasteiger partial charge < -0.3 is 15.4 Å². The van der Waals surface area contributed by atoms with Gasteiger partial charge in [-0.15, -0.1) is 0 Å². The van der Waals surface area contributed by atoms with E-state index in [1.807, 2.05) is 0 Å². The van der Waals surface area contributed by atoms with E-state index in [-0.39, 0.29) is 12.4 Å². The molecule has 2 amide bonds. The average Bonchev–Trinajstić information content (AvgIpc) is 2.49. The maximum absolute atomic E-state index is 13.4. The first kappa shape index (κ1) is 16.1. The second-order valence-corrected chi connectivity index (χ2v) is 5.07. The molecule has 0 fully saturated rings. The third-order valence-electron chi connectivity index (χ3n) is 2.86. The van der Waals surface area contributed by atoms with Gasteiger partial charge in [0.2, 0.25) is 0 Å². The number of carbonyl (C=O) groups is 1. The Morgan fingerprint density at radius 1 is 1.23 bits per heavy atom. The van der Waals surface area contributed by atoms with E-state index in [2.05, 4.69) is 10.6 Å². The first-order valence-electron chi connectivity index (χ1n) is 6.74. The highest BCUT2D eigenvalue weighted by atomic mass is 35.5. The van der Waals surface area contributed by atoms with Crippen LogP contribution < -0.4 is 15.4 Å². The Kier molecular flexibility index (Phi) is 5.61. The van der Waals surface area contributed by atoms with E-state index < -0.39 is 12.3 Å². The summed E-state index contributed by atoms with van der Waals surface area (Å²) in [5, 5.41) is 5.79. The number of rotatable bonds is 5. The van der Waals surface area contributed by atoms with Crippen LogP contribution in [0.2, 0.25) is 5.02 Å². The molecule has 1 atom stereocenters. The summed E-state index contributed by atoms with van der Waals surface area (Å²) >= 11 is 5.78. The number of benzene rings is 2. The molecule has 2 aromatic carbocycles. The fourth-order valence-corrected chi connectivity index (χ4v) is 1.93. The molecule has 0 radical (unpaired) electrons. The fraction of sp³-hybridized carbons (Fsp3) is 0.188. The topological polar surface area (TPSA) is 50.4 Å². The van der Waals surface area contributed by atoms with Crippen LogP contribution in [0.25, 0.3) is 0 Å². The van der Waals surface area contributed by atoms with Crippen LogP contribution in [0, 0.1) is 5.82 Å². The summed E-state index contributed by atoms with van der Waals surface area (Å²) < 4.78 is 18.9. The Bertz CT molecular complexity index is 634. The molecule has 22 heavy (non-hydrogen) atoms. The van der Waals surface area contributed by atoms with Gasteiger partial charge in [-0.3, -0.25) is 0 Å². The molecule has 2 rings (SSSR count). The predicted molar refractivity (Wildman–Crippen MR) is 83.3 cm³/mol. The second kappa shape index (κ2) is 7.66. The maximum Gasteiger partial charge on any atom is 0.317 e. The SMILES string of the molecule is CC(NC(=O)NCc1ccccc1F)Oc1ccc(Cl)cc1. The molecule has 2 N–H and O–H groups in total. The molecule has 0 aliphatic rings. The van der Waals surface area contributed by atoms with Crippen molar-refractivity contribution in [2.45, 2.75) is 19.7 Å². The zero-order valence-electron chi connectivity index (χ0n) is 12.0. The van der Waals surface area contributed by atoms with E-state index in [4.69, 9.17) is 16.3 Å². The molecule has 6 heteroatoms. The van der Waals surface area contributed by atoms with E-state index in [0.29, 0.717) is 16.3 Å². The summed E-state index contributed by atoms with van der Waals surface area (Å²) in [6.07, 6.45) is -0.540. The van der Waals surface area contributed by atoms with Crippen molar-refractivity contribution in [1.29, 1.82) is 0 Å². The van der Waals surface area contributed by atoms with Crippen LogP contribution in [0.3, 0.4) is 0 Å². The normalized spacial score (nSPS) is 11.6. The van der Waals surface area contributed by atoms with Crippen LogP contribution in [0.4, 0.5) is 9.18 Å². The molecule has 0 aliphatic heterocycles. The van der Waals surface area contributed by atoms with Crippen LogP contribution in [0.15, 0.2) is 48.5 Å². The third kappa shape index (κ3) is 4.93. The molecule has 4 nitrogen and oxygen atoms in total. The third-order valence-corrected chi connectivity index (χ3v) is 3.11. The largest absolute Gasteiger partial charge is 0.471 e. The molecular weight excluding hydrogens is 307 g/mol. The molecule has 0 aromatic heterocycles. The Hall–Kier alpha value is -2.27. The number of nitrogens with one attached hydrogen (secondary N) is 2. The maximum atomic E-state index is 13.4. The summed E-state index contributed by atoms with van der Waals surface area (Å²) in [5.74, 6) is 0.236. The lowest BCUT2D eigenvalue weighted by Gasteiger charge is -2.17. The van der Waals surface area contributed by atoms with Crippen LogP contribution in [-0.2, 0) is 6.54 Å². The van der Waals surface area contributed by atoms with Gasteiger partial charge in [0, 0.05) is 17.1 Å². The van der Waals surface area contributed by atoms with Crippen LogP contribution in [-0.4, -0.2) is 12.3 Å². The van der Waals surface area contributed by atoms with Gasteiger partial charge in [-0.25, -0.2) is 9.18 Å². The van der Waals surface area contributed by atoms with Crippen molar-refractivity contribution in [2.24, 2.45) is 0 Å². The van der Waals surface area contributed by atoms with Crippen molar-refractivity contribution in [3.63, 3.8) is 0 Å². The van der Waals surface area contributed by atoms with Crippen molar-refractivity contribution in [1.82, 2.24) is 10.6 Å². The number of ether oxygens (including phenoxy) is 1. The first-order valence-corrected chi connectivity index (χ1v) is 7.12. The van der Waals surface area contributed by atoms with Gasteiger partial charge in [0.15, 0.2) is 6.23 Å². The molecule has 1 unspecified atom stereocenters. The van der Waals surface area contributed by atoms with Gasteiger partial charge in [0.1, 0.15) is 11.6 Å². The van der Waals surface area contributed by atoms with Gasteiger partial charge in [-0.2, -0.15) is 0 Å². The zero-order valence-corrected chi connectivity index (χ0v) is 12.7. The van der Waals surface area contributed by atoms with Crippen molar-refractivity contribution in [3.8, 4) is 5.75 Å². The fourth-order valence-electron chi connectivity index (χ4n) is 1.80. The predicted octanol–water partition coefficient (Wildman–Crippen LogP) is 3.70. The molecule has 0 bridgehead atoms. The summed E-state index contributed by atoms with van der Waals surface area (Å²) in [4.78, 5) is 11.7. The van der Waals surface area contributed by atoms with Gasteiger partial charge in [-0.05, 0) is 37.3 Å². The average molecular weight is 323 g/mol. The molecule has 0 saturated heterocycles. The lowest BCUT2D eigenvalue weighted by molar-refractivity contribution is 0.177. The zero-order chi connectivity index (χ0) is 15.9. The minimum atomic E-state index is -0.540. The lowest BCUT2D eigenvalue weighted by Crippen LogP contribution is -2.43. The number of urea groups is 1. The molecule has 2 aromatic rings. The van der Waals surface area contributed by atoms with Crippen molar-refractivity contribution < 1.29 is 13.9 Å².